The molecule has 198 valence electrons. The zero-order valence-corrected chi connectivity index (χ0v) is 21.2. The molecule has 3 rings (SSSR count). The van der Waals surface area contributed by atoms with Gasteiger partial charge >= 0.3 is 12.1 Å². The minimum atomic E-state index is -5.08. The van der Waals surface area contributed by atoms with E-state index in [4.69, 9.17) is 14.6 Å². The fraction of sp³-hybridized carbons (Fsp3) is 0.440. The average Bonchev–Trinajstić information content (AvgIpc) is 2.87. The van der Waals surface area contributed by atoms with E-state index in [1.54, 1.807) is 13.4 Å². The molecule has 2 aromatic rings. The first-order valence-electron chi connectivity index (χ1n) is 11.3. The van der Waals surface area contributed by atoms with Gasteiger partial charge in [0.2, 0.25) is 5.91 Å². The fourth-order valence-electron chi connectivity index (χ4n) is 3.92. The standard InChI is InChI=1S/C23H30N2O3S.C2HF3O2/c1-24-20-10-7-16(8-11-20)23(26)25-15-19-13-18(9-12-22(19)28-2)17-5-4-6-21(14-17)29(3)27;3-2(4,5)1(6)7/h4-6,9,12-14,16,20,24H,7-8,10-11,15H2,1-3H3,(H,25,26);(H,6,7). The van der Waals surface area contributed by atoms with Crippen LogP contribution in [-0.4, -0.2) is 54.2 Å². The van der Waals surface area contributed by atoms with Crippen molar-refractivity contribution in [2.75, 3.05) is 20.4 Å². The van der Waals surface area contributed by atoms with Gasteiger partial charge in [-0.25, -0.2) is 4.79 Å². The second kappa shape index (κ2) is 13.5. The Bertz CT molecular complexity index is 1020. The van der Waals surface area contributed by atoms with Crippen LogP contribution < -0.4 is 15.4 Å². The molecule has 3 N–H and O–H groups in total. The lowest BCUT2D eigenvalue weighted by atomic mass is 9.85. The normalized spacial score (nSPS) is 18.4. The molecule has 0 aliphatic heterocycles. The number of alkyl halides is 3. The van der Waals surface area contributed by atoms with Crippen molar-refractivity contribution < 1.29 is 37.2 Å². The predicted molar refractivity (Wildman–Crippen MR) is 131 cm³/mol. The van der Waals surface area contributed by atoms with Crippen LogP contribution in [0.4, 0.5) is 13.2 Å². The summed E-state index contributed by atoms with van der Waals surface area (Å²) < 4.78 is 49.0. The Kier molecular flexibility index (Phi) is 11.1. The molecule has 11 heteroatoms. The topological polar surface area (TPSA) is 111 Å². The van der Waals surface area contributed by atoms with E-state index in [0.29, 0.717) is 12.6 Å². The van der Waals surface area contributed by atoms with Gasteiger partial charge in [0.25, 0.3) is 0 Å². The summed E-state index contributed by atoms with van der Waals surface area (Å²) in [4.78, 5) is 22.3. The highest BCUT2D eigenvalue weighted by Crippen LogP contribution is 2.29. The molecule has 1 fully saturated rings. The van der Waals surface area contributed by atoms with Crippen LogP contribution in [0.3, 0.4) is 0 Å². The number of hydrogen-bond donors (Lipinski definition) is 3. The maximum absolute atomic E-state index is 12.6. The number of ether oxygens (including phenoxy) is 1. The van der Waals surface area contributed by atoms with Gasteiger partial charge in [0.1, 0.15) is 12.0 Å². The number of methoxy groups -OCH3 is 1. The summed E-state index contributed by atoms with van der Waals surface area (Å²) in [5.41, 5.74) is 2.94. The molecule has 0 radical (unpaired) electrons. The van der Waals surface area contributed by atoms with Crippen LogP contribution >= 0.6 is 0 Å². The highest BCUT2D eigenvalue weighted by Gasteiger charge is 2.38. The van der Waals surface area contributed by atoms with Crippen LogP contribution in [0, 0.1) is 5.92 Å². The van der Waals surface area contributed by atoms with Gasteiger partial charge in [-0.15, -0.1) is 0 Å². The molecular weight excluding hydrogens is 497 g/mol. The molecule has 1 saturated carbocycles. The third-order valence-corrected chi connectivity index (χ3v) is 6.90. The molecule has 1 atom stereocenters. The average molecular weight is 529 g/mol. The SMILES string of the molecule is CNC1CCC(C(=O)NCc2cc(-c3cccc([S+](C)[O-])c3)ccc2OC)CC1.O=C(O)C(F)(F)F. The molecule has 0 aromatic heterocycles. The molecule has 2 aromatic carbocycles. The number of halogens is 3. The first kappa shape index (κ1) is 29.5. The molecule has 0 bridgehead atoms. The Morgan fingerprint density at radius 3 is 2.25 bits per heavy atom. The van der Waals surface area contributed by atoms with Crippen LogP contribution in [0.15, 0.2) is 47.4 Å². The summed E-state index contributed by atoms with van der Waals surface area (Å²) in [6.07, 6.45) is 0.536. The van der Waals surface area contributed by atoms with Gasteiger partial charge in [-0.05, 0) is 73.2 Å². The Morgan fingerprint density at radius 2 is 1.72 bits per heavy atom. The van der Waals surface area contributed by atoms with E-state index in [-0.39, 0.29) is 11.8 Å². The minimum Gasteiger partial charge on any atom is -0.612 e. The van der Waals surface area contributed by atoms with Crippen LogP contribution in [0.5, 0.6) is 5.75 Å². The molecule has 1 aliphatic carbocycles. The number of amides is 1. The van der Waals surface area contributed by atoms with Crippen LogP contribution in [0.1, 0.15) is 31.2 Å². The van der Waals surface area contributed by atoms with Crippen LogP contribution in [-0.2, 0) is 27.3 Å². The second-order valence-corrected chi connectivity index (χ2v) is 9.75. The van der Waals surface area contributed by atoms with Gasteiger partial charge in [-0.1, -0.05) is 18.2 Å². The lowest BCUT2D eigenvalue weighted by Gasteiger charge is -2.27. The molecule has 0 heterocycles. The summed E-state index contributed by atoms with van der Waals surface area (Å²) in [6, 6.07) is 14.2. The Hall–Kier alpha value is -2.76. The highest BCUT2D eigenvalue weighted by molar-refractivity contribution is 7.90. The van der Waals surface area contributed by atoms with Crippen molar-refractivity contribution in [3.8, 4) is 16.9 Å². The van der Waals surface area contributed by atoms with Gasteiger partial charge in [-0.3, -0.25) is 4.79 Å². The molecule has 7 nitrogen and oxygen atoms in total. The van der Waals surface area contributed by atoms with E-state index >= 15 is 0 Å². The highest BCUT2D eigenvalue weighted by atomic mass is 32.2. The molecule has 0 saturated heterocycles. The smallest absolute Gasteiger partial charge is 0.490 e. The molecular formula is C25H31F3N2O5S. The first-order chi connectivity index (χ1) is 17.0. The summed E-state index contributed by atoms with van der Waals surface area (Å²) in [5.74, 6) is -1.80. The van der Waals surface area contributed by atoms with Gasteiger partial charge in [0.15, 0.2) is 4.90 Å². The lowest BCUT2D eigenvalue weighted by Crippen LogP contribution is -2.37. The summed E-state index contributed by atoms with van der Waals surface area (Å²) in [5, 5.41) is 13.5. The Balaban J connectivity index is 0.000000572. The van der Waals surface area contributed by atoms with Gasteiger partial charge in [0.05, 0.1) is 7.11 Å². The minimum absolute atomic E-state index is 0.0880. The maximum Gasteiger partial charge on any atom is 0.490 e. The summed E-state index contributed by atoms with van der Waals surface area (Å²) >= 11 is -1.03. The first-order valence-corrected chi connectivity index (χ1v) is 12.9. The van der Waals surface area contributed by atoms with Gasteiger partial charge < -0.3 is 25.0 Å². The van der Waals surface area contributed by atoms with E-state index in [1.807, 2.05) is 49.5 Å². The number of nitrogens with one attached hydrogen (secondary N) is 2. The molecule has 0 spiro atoms. The number of rotatable bonds is 7. The van der Waals surface area contributed by atoms with Crippen LogP contribution in [0.25, 0.3) is 11.1 Å². The largest absolute Gasteiger partial charge is 0.612 e. The number of carbonyl (C=O) groups excluding carboxylic acids is 1. The van der Waals surface area contributed by atoms with Crippen molar-refractivity contribution in [1.29, 1.82) is 0 Å². The Labute approximate surface area is 211 Å². The van der Waals surface area contributed by atoms with Crippen molar-refractivity contribution in [3.63, 3.8) is 0 Å². The number of carbonyl (C=O) groups is 2. The lowest BCUT2D eigenvalue weighted by molar-refractivity contribution is -0.192. The fourth-order valence-corrected chi connectivity index (χ4v) is 4.48. The van der Waals surface area contributed by atoms with Crippen molar-refractivity contribution in [2.24, 2.45) is 5.92 Å². The molecule has 1 aliphatic rings. The van der Waals surface area contributed by atoms with Gasteiger partial charge in [0, 0.05) is 30.1 Å². The number of carboxylic acid groups (broad SMARTS) is 1. The third-order valence-electron chi connectivity index (χ3n) is 5.98. The number of benzene rings is 2. The van der Waals surface area contributed by atoms with Crippen molar-refractivity contribution in [3.05, 3.63) is 48.0 Å². The monoisotopic (exact) mass is 528 g/mol. The van der Waals surface area contributed by atoms with E-state index in [2.05, 4.69) is 10.6 Å². The second-order valence-electron chi connectivity index (χ2n) is 8.37. The zero-order valence-electron chi connectivity index (χ0n) is 20.4. The number of aliphatic carboxylic acids is 1. The maximum atomic E-state index is 12.6. The van der Waals surface area contributed by atoms with Crippen molar-refractivity contribution in [2.45, 2.75) is 49.3 Å². The molecule has 1 amide bonds. The zero-order chi connectivity index (χ0) is 26.9. The molecule has 1 unspecified atom stereocenters. The summed E-state index contributed by atoms with van der Waals surface area (Å²) in [7, 11) is 3.62. The van der Waals surface area contributed by atoms with E-state index in [0.717, 1.165) is 53.0 Å². The van der Waals surface area contributed by atoms with E-state index in [1.165, 1.54) is 0 Å². The Morgan fingerprint density at radius 1 is 1.11 bits per heavy atom. The van der Waals surface area contributed by atoms with Crippen molar-refractivity contribution in [1.82, 2.24) is 10.6 Å². The number of carboxylic acids is 1. The third kappa shape index (κ3) is 8.72. The van der Waals surface area contributed by atoms with Gasteiger partial charge in [-0.2, -0.15) is 13.2 Å². The molecule has 36 heavy (non-hydrogen) atoms. The number of hydrogen-bond acceptors (Lipinski definition) is 5. The summed E-state index contributed by atoms with van der Waals surface area (Å²) in [6.45, 7) is 0.432. The van der Waals surface area contributed by atoms with E-state index < -0.39 is 23.3 Å². The van der Waals surface area contributed by atoms with Crippen LogP contribution in [0.2, 0.25) is 0 Å². The quantitative estimate of drug-likeness (QED) is 0.466. The van der Waals surface area contributed by atoms with Crippen molar-refractivity contribution >= 4 is 23.1 Å². The van der Waals surface area contributed by atoms with E-state index in [9.17, 15) is 22.5 Å². The predicted octanol–water partition coefficient (Wildman–Crippen LogP) is 4.13.